The molecule has 5 heteroatoms. The van der Waals surface area contributed by atoms with Crippen molar-refractivity contribution in [2.75, 3.05) is 7.11 Å². The molecule has 106 valence electrons. The molecule has 0 radical (unpaired) electrons. The van der Waals surface area contributed by atoms with Crippen LogP contribution in [-0.4, -0.2) is 7.11 Å². The van der Waals surface area contributed by atoms with Gasteiger partial charge in [0, 0.05) is 16.1 Å². The summed E-state index contributed by atoms with van der Waals surface area (Å²) in [5, 5.41) is 1.20. The van der Waals surface area contributed by atoms with Crippen molar-refractivity contribution >= 4 is 39.1 Å². The number of hydrogen-bond donors (Lipinski definition) is 1. The molecule has 20 heavy (non-hydrogen) atoms. The van der Waals surface area contributed by atoms with Gasteiger partial charge in [-0.2, -0.15) is 0 Å². The van der Waals surface area contributed by atoms with E-state index in [-0.39, 0.29) is 6.04 Å². The second-order valence-electron chi connectivity index (χ2n) is 4.45. The molecule has 0 aliphatic rings. The predicted octanol–water partition coefficient (Wildman–Crippen LogP) is 5.01. The SMILES string of the molecule is COc1ccc(CC(N)c2ccc(Cl)cc2Cl)cc1Br. The molecule has 0 spiro atoms. The molecule has 2 aromatic rings. The minimum atomic E-state index is -0.180. The van der Waals surface area contributed by atoms with Crippen LogP contribution in [0.15, 0.2) is 40.9 Å². The molecule has 0 aromatic heterocycles. The van der Waals surface area contributed by atoms with Crippen LogP contribution >= 0.6 is 39.1 Å². The van der Waals surface area contributed by atoms with Gasteiger partial charge >= 0.3 is 0 Å². The Morgan fingerprint density at radius 1 is 1.20 bits per heavy atom. The van der Waals surface area contributed by atoms with Crippen molar-refractivity contribution in [2.45, 2.75) is 12.5 Å². The monoisotopic (exact) mass is 373 g/mol. The first-order chi connectivity index (χ1) is 9.51. The summed E-state index contributed by atoms with van der Waals surface area (Å²) in [6.07, 6.45) is 0.684. The van der Waals surface area contributed by atoms with Crippen LogP contribution in [0.5, 0.6) is 5.75 Å². The smallest absolute Gasteiger partial charge is 0.133 e. The van der Waals surface area contributed by atoms with Crippen molar-refractivity contribution in [3.8, 4) is 5.75 Å². The molecule has 0 bridgehead atoms. The van der Waals surface area contributed by atoms with Gasteiger partial charge in [-0.25, -0.2) is 0 Å². The number of rotatable bonds is 4. The maximum atomic E-state index is 6.22. The van der Waals surface area contributed by atoms with E-state index in [2.05, 4.69) is 15.9 Å². The van der Waals surface area contributed by atoms with Gasteiger partial charge in [0.2, 0.25) is 0 Å². The molecular weight excluding hydrogens is 361 g/mol. The van der Waals surface area contributed by atoms with E-state index in [4.69, 9.17) is 33.7 Å². The summed E-state index contributed by atoms with van der Waals surface area (Å²) in [6, 6.07) is 11.1. The Kier molecular flexibility index (Phi) is 5.33. The summed E-state index contributed by atoms with van der Waals surface area (Å²) < 4.78 is 6.12. The van der Waals surface area contributed by atoms with E-state index in [1.165, 1.54) is 0 Å². The van der Waals surface area contributed by atoms with E-state index in [0.29, 0.717) is 16.5 Å². The second-order valence-corrected chi connectivity index (χ2v) is 6.14. The Morgan fingerprint density at radius 2 is 1.95 bits per heavy atom. The summed E-state index contributed by atoms with van der Waals surface area (Å²) in [5.41, 5.74) is 8.22. The van der Waals surface area contributed by atoms with Crippen molar-refractivity contribution in [3.05, 3.63) is 62.0 Å². The average molecular weight is 375 g/mol. The van der Waals surface area contributed by atoms with Gasteiger partial charge < -0.3 is 10.5 Å². The van der Waals surface area contributed by atoms with Crippen LogP contribution in [0.3, 0.4) is 0 Å². The normalized spacial score (nSPS) is 12.2. The van der Waals surface area contributed by atoms with Crippen LogP contribution < -0.4 is 10.5 Å². The third-order valence-electron chi connectivity index (χ3n) is 3.03. The number of halogens is 3. The Hall–Kier alpha value is -0.740. The molecule has 1 atom stereocenters. The summed E-state index contributed by atoms with van der Waals surface area (Å²) in [7, 11) is 1.64. The zero-order chi connectivity index (χ0) is 14.7. The van der Waals surface area contributed by atoms with Gasteiger partial charge in [0.05, 0.1) is 11.6 Å². The molecule has 0 aliphatic carbocycles. The Balaban J connectivity index is 2.18. The van der Waals surface area contributed by atoms with E-state index in [1.807, 2.05) is 24.3 Å². The first-order valence-corrected chi connectivity index (χ1v) is 7.59. The summed E-state index contributed by atoms with van der Waals surface area (Å²) >= 11 is 15.5. The fraction of sp³-hybridized carbons (Fsp3) is 0.200. The lowest BCUT2D eigenvalue weighted by molar-refractivity contribution is 0.412. The highest BCUT2D eigenvalue weighted by Crippen LogP contribution is 2.30. The first kappa shape index (κ1) is 15.6. The lowest BCUT2D eigenvalue weighted by Gasteiger charge is -2.15. The van der Waals surface area contributed by atoms with Crippen LogP contribution in [0.25, 0.3) is 0 Å². The largest absolute Gasteiger partial charge is 0.496 e. The predicted molar refractivity (Wildman–Crippen MR) is 87.8 cm³/mol. The van der Waals surface area contributed by atoms with Crippen molar-refractivity contribution in [3.63, 3.8) is 0 Å². The summed E-state index contributed by atoms with van der Waals surface area (Å²) in [6.45, 7) is 0. The zero-order valence-electron chi connectivity index (χ0n) is 10.9. The van der Waals surface area contributed by atoms with E-state index < -0.39 is 0 Å². The zero-order valence-corrected chi connectivity index (χ0v) is 14.0. The van der Waals surface area contributed by atoms with Gasteiger partial charge in [0.1, 0.15) is 5.75 Å². The highest BCUT2D eigenvalue weighted by Gasteiger charge is 2.12. The third kappa shape index (κ3) is 3.67. The molecule has 0 aliphatic heterocycles. The molecule has 0 saturated carbocycles. The van der Waals surface area contributed by atoms with Gasteiger partial charge in [-0.15, -0.1) is 0 Å². The Bertz CT molecular complexity index is 619. The molecule has 1 unspecified atom stereocenters. The molecule has 0 heterocycles. The highest BCUT2D eigenvalue weighted by atomic mass is 79.9. The van der Waals surface area contributed by atoms with E-state index in [9.17, 15) is 0 Å². The minimum Gasteiger partial charge on any atom is -0.496 e. The standard InChI is InChI=1S/C15H14BrCl2NO/c1-20-15-5-2-9(6-12(15)16)7-14(19)11-4-3-10(17)8-13(11)18/h2-6,8,14H,7,19H2,1H3. The fourth-order valence-electron chi connectivity index (χ4n) is 2.00. The quantitative estimate of drug-likeness (QED) is 0.816. The van der Waals surface area contributed by atoms with Crippen molar-refractivity contribution < 1.29 is 4.74 Å². The molecule has 0 saturated heterocycles. The molecule has 2 rings (SSSR count). The van der Waals surface area contributed by atoms with Crippen LogP contribution in [-0.2, 0) is 6.42 Å². The molecule has 0 amide bonds. The van der Waals surface area contributed by atoms with Gasteiger partial charge in [0.25, 0.3) is 0 Å². The highest BCUT2D eigenvalue weighted by molar-refractivity contribution is 9.10. The topological polar surface area (TPSA) is 35.2 Å². The number of nitrogens with two attached hydrogens (primary N) is 1. The van der Waals surface area contributed by atoms with Gasteiger partial charge in [-0.3, -0.25) is 0 Å². The van der Waals surface area contributed by atoms with Crippen molar-refractivity contribution in [1.29, 1.82) is 0 Å². The number of hydrogen-bond acceptors (Lipinski definition) is 2. The number of ether oxygens (including phenoxy) is 1. The first-order valence-electron chi connectivity index (χ1n) is 6.04. The van der Waals surface area contributed by atoms with Crippen LogP contribution in [0.4, 0.5) is 0 Å². The maximum absolute atomic E-state index is 6.22. The van der Waals surface area contributed by atoms with Gasteiger partial charge in [-0.1, -0.05) is 35.3 Å². The lowest BCUT2D eigenvalue weighted by Crippen LogP contribution is -2.13. The average Bonchev–Trinajstić information content (AvgIpc) is 2.38. The van der Waals surface area contributed by atoms with Gasteiger partial charge in [-0.05, 0) is 57.7 Å². The van der Waals surface area contributed by atoms with Crippen LogP contribution in [0.1, 0.15) is 17.2 Å². The Morgan fingerprint density at radius 3 is 2.55 bits per heavy atom. The maximum Gasteiger partial charge on any atom is 0.133 e. The molecular formula is C15H14BrCl2NO. The molecule has 2 nitrogen and oxygen atoms in total. The van der Waals surface area contributed by atoms with Crippen molar-refractivity contribution in [1.82, 2.24) is 0 Å². The molecule has 2 N–H and O–H groups in total. The Labute approximate surface area is 137 Å². The van der Waals surface area contributed by atoms with E-state index >= 15 is 0 Å². The lowest BCUT2D eigenvalue weighted by atomic mass is 9.99. The van der Waals surface area contributed by atoms with Crippen LogP contribution in [0, 0.1) is 0 Å². The van der Waals surface area contributed by atoms with E-state index in [0.717, 1.165) is 21.3 Å². The van der Waals surface area contributed by atoms with Gasteiger partial charge in [0.15, 0.2) is 0 Å². The molecule has 2 aromatic carbocycles. The second kappa shape index (κ2) is 6.81. The summed E-state index contributed by atoms with van der Waals surface area (Å²) in [5.74, 6) is 0.798. The molecule has 0 fully saturated rings. The number of methoxy groups -OCH3 is 1. The number of benzene rings is 2. The third-order valence-corrected chi connectivity index (χ3v) is 4.22. The summed E-state index contributed by atoms with van der Waals surface area (Å²) in [4.78, 5) is 0. The minimum absolute atomic E-state index is 0.180. The van der Waals surface area contributed by atoms with E-state index in [1.54, 1.807) is 19.2 Å². The fourth-order valence-corrected chi connectivity index (χ4v) is 3.14. The van der Waals surface area contributed by atoms with Crippen molar-refractivity contribution in [2.24, 2.45) is 5.73 Å². The van der Waals surface area contributed by atoms with Crippen LogP contribution in [0.2, 0.25) is 10.0 Å².